The SMILES string of the molecule is CCN(C(=O)COC(=O)c1cccc(C#N)c1)c1ccc(F)cc1. The fourth-order valence-corrected chi connectivity index (χ4v) is 2.13. The van der Waals surface area contributed by atoms with E-state index in [1.54, 1.807) is 19.1 Å². The highest BCUT2D eigenvalue weighted by atomic mass is 19.1. The predicted octanol–water partition coefficient (Wildman–Crippen LogP) is 2.91. The Morgan fingerprint density at radius 3 is 2.54 bits per heavy atom. The van der Waals surface area contributed by atoms with Crippen LogP contribution in [0, 0.1) is 17.1 Å². The van der Waals surface area contributed by atoms with Gasteiger partial charge in [0, 0.05) is 12.2 Å². The molecule has 0 saturated carbocycles. The minimum Gasteiger partial charge on any atom is -0.452 e. The van der Waals surface area contributed by atoms with Crippen molar-refractivity contribution in [3.63, 3.8) is 0 Å². The Balaban J connectivity index is 2.01. The lowest BCUT2D eigenvalue weighted by atomic mass is 10.1. The van der Waals surface area contributed by atoms with Gasteiger partial charge in [0.15, 0.2) is 6.61 Å². The van der Waals surface area contributed by atoms with E-state index < -0.39 is 24.3 Å². The molecular weight excluding hydrogens is 311 g/mol. The highest BCUT2D eigenvalue weighted by molar-refractivity contribution is 5.97. The van der Waals surface area contributed by atoms with Gasteiger partial charge in [-0.15, -0.1) is 0 Å². The van der Waals surface area contributed by atoms with Gasteiger partial charge in [0.1, 0.15) is 5.82 Å². The Labute approximate surface area is 138 Å². The molecule has 122 valence electrons. The van der Waals surface area contributed by atoms with Crippen molar-refractivity contribution < 1.29 is 18.7 Å². The molecule has 24 heavy (non-hydrogen) atoms. The van der Waals surface area contributed by atoms with Crippen molar-refractivity contribution in [2.75, 3.05) is 18.1 Å². The van der Waals surface area contributed by atoms with E-state index >= 15 is 0 Å². The third-order valence-corrected chi connectivity index (χ3v) is 3.31. The van der Waals surface area contributed by atoms with E-state index in [-0.39, 0.29) is 5.56 Å². The summed E-state index contributed by atoms with van der Waals surface area (Å²) >= 11 is 0. The zero-order chi connectivity index (χ0) is 17.5. The minimum absolute atomic E-state index is 0.201. The van der Waals surface area contributed by atoms with E-state index in [9.17, 15) is 14.0 Å². The number of carbonyl (C=O) groups excluding carboxylic acids is 2. The number of hydrogen-bond acceptors (Lipinski definition) is 4. The van der Waals surface area contributed by atoms with Gasteiger partial charge in [0.05, 0.1) is 17.2 Å². The van der Waals surface area contributed by atoms with Gasteiger partial charge in [-0.3, -0.25) is 4.79 Å². The molecule has 0 unspecified atom stereocenters. The molecule has 2 aromatic carbocycles. The first kappa shape index (κ1) is 17.2. The number of nitrogens with zero attached hydrogens (tertiary/aromatic N) is 2. The van der Waals surface area contributed by atoms with Crippen LogP contribution in [0.2, 0.25) is 0 Å². The fraction of sp³-hybridized carbons (Fsp3) is 0.167. The largest absolute Gasteiger partial charge is 0.452 e. The average molecular weight is 326 g/mol. The molecule has 2 rings (SSSR count). The molecule has 5 nitrogen and oxygen atoms in total. The average Bonchev–Trinajstić information content (AvgIpc) is 2.62. The van der Waals surface area contributed by atoms with Crippen molar-refractivity contribution in [2.45, 2.75) is 6.92 Å². The lowest BCUT2D eigenvalue weighted by molar-refractivity contribution is -0.121. The summed E-state index contributed by atoms with van der Waals surface area (Å²) in [7, 11) is 0. The maximum atomic E-state index is 13.0. The first-order valence-electron chi connectivity index (χ1n) is 7.28. The number of carbonyl (C=O) groups is 2. The molecule has 0 fully saturated rings. The molecule has 0 atom stereocenters. The summed E-state index contributed by atoms with van der Waals surface area (Å²) in [5.74, 6) is -1.50. The van der Waals surface area contributed by atoms with Crippen molar-refractivity contribution in [2.24, 2.45) is 0 Å². The van der Waals surface area contributed by atoms with Gasteiger partial charge in [-0.05, 0) is 49.4 Å². The lowest BCUT2D eigenvalue weighted by Crippen LogP contribution is -2.34. The Morgan fingerprint density at radius 1 is 1.21 bits per heavy atom. The van der Waals surface area contributed by atoms with Gasteiger partial charge in [-0.25, -0.2) is 9.18 Å². The fourth-order valence-electron chi connectivity index (χ4n) is 2.13. The van der Waals surface area contributed by atoms with Crippen molar-refractivity contribution in [1.29, 1.82) is 5.26 Å². The van der Waals surface area contributed by atoms with Crippen LogP contribution in [0.4, 0.5) is 10.1 Å². The Morgan fingerprint density at radius 2 is 1.92 bits per heavy atom. The predicted molar refractivity (Wildman–Crippen MR) is 85.9 cm³/mol. The summed E-state index contributed by atoms with van der Waals surface area (Å²) in [5.41, 5.74) is 1.05. The highest BCUT2D eigenvalue weighted by Crippen LogP contribution is 2.15. The first-order valence-corrected chi connectivity index (χ1v) is 7.28. The first-order chi connectivity index (χ1) is 11.5. The van der Waals surface area contributed by atoms with E-state index in [2.05, 4.69) is 0 Å². The van der Waals surface area contributed by atoms with Gasteiger partial charge < -0.3 is 9.64 Å². The Hall–Kier alpha value is -3.20. The molecule has 2 aromatic rings. The third-order valence-electron chi connectivity index (χ3n) is 3.31. The normalized spacial score (nSPS) is 9.88. The van der Waals surface area contributed by atoms with Gasteiger partial charge in [-0.2, -0.15) is 5.26 Å². The quantitative estimate of drug-likeness (QED) is 0.792. The molecule has 0 heterocycles. The molecule has 0 saturated heterocycles. The molecule has 0 radical (unpaired) electrons. The summed E-state index contributed by atoms with van der Waals surface area (Å²) in [6.07, 6.45) is 0. The standard InChI is InChI=1S/C18H15FN2O3/c1-2-21(16-8-6-15(19)7-9-16)17(22)12-24-18(23)14-5-3-4-13(10-14)11-20/h3-10H,2,12H2,1H3. The van der Waals surface area contributed by atoms with Gasteiger partial charge in [-0.1, -0.05) is 6.07 Å². The van der Waals surface area contributed by atoms with Crippen LogP contribution < -0.4 is 4.90 Å². The van der Waals surface area contributed by atoms with Crippen LogP contribution in [0.15, 0.2) is 48.5 Å². The van der Waals surface area contributed by atoms with E-state index in [4.69, 9.17) is 10.00 Å². The van der Waals surface area contributed by atoms with Crippen molar-refractivity contribution >= 4 is 17.6 Å². The Kier molecular flexibility index (Phi) is 5.63. The minimum atomic E-state index is -0.685. The molecule has 6 heteroatoms. The summed E-state index contributed by atoms with van der Waals surface area (Å²) < 4.78 is 18.0. The van der Waals surface area contributed by atoms with Crippen molar-refractivity contribution in [3.8, 4) is 6.07 Å². The van der Waals surface area contributed by atoms with Gasteiger partial charge in [0.2, 0.25) is 0 Å². The number of likely N-dealkylation sites (N-methyl/N-ethyl adjacent to an activating group) is 1. The van der Waals surface area contributed by atoms with Crippen LogP contribution in [-0.2, 0) is 9.53 Å². The van der Waals surface area contributed by atoms with E-state index in [0.717, 1.165) is 0 Å². The molecule has 0 aromatic heterocycles. The second-order valence-corrected chi connectivity index (χ2v) is 4.88. The zero-order valence-electron chi connectivity index (χ0n) is 13.0. The van der Waals surface area contributed by atoms with Gasteiger partial charge in [0.25, 0.3) is 5.91 Å². The number of ether oxygens (including phenoxy) is 1. The summed E-state index contributed by atoms with van der Waals surface area (Å²) in [6, 6.07) is 13.4. The van der Waals surface area contributed by atoms with Crippen LogP contribution in [-0.4, -0.2) is 25.0 Å². The smallest absolute Gasteiger partial charge is 0.338 e. The lowest BCUT2D eigenvalue weighted by Gasteiger charge is -2.20. The van der Waals surface area contributed by atoms with Crippen LogP contribution in [0.3, 0.4) is 0 Å². The van der Waals surface area contributed by atoms with Crippen molar-refractivity contribution in [3.05, 3.63) is 65.5 Å². The number of benzene rings is 2. The van der Waals surface area contributed by atoms with Gasteiger partial charge >= 0.3 is 5.97 Å². The molecule has 0 aliphatic carbocycles. The molecule has 0 aliphatic rings. The maximum absolute atomic E-state index is 13.0. The molecule has 0 aliphatic heterocycles. The number of hydrogen-bond donors (Lipinski definition) is 0. The zero-order valence-corrected chi connectivity index (χ0v) is 13.0. The number of halogens is 1. The highest BCUT2D eigenvalue weighted by Gasteiger charge is 2.17. The maximum Gasteiger partial charge on any atom is 0.338 e. The van der Waals surface area contributed by atoms with Crippen LogP contribution in [0.1, 0.15) is 22.8 Å². The van der Waals surface area contributed by atoms with Crippen LogP contribution in [0.25, 0.3) is 0 Å². The third kappa shape index (κ3) is 4.17. The Bertz CT molecular complexity index is 782. The van der Waals surface area contributed by atoms with Crippen LogP contribution in [0.5, 0.6) is 0 Å². The van der Waals surface area contributed by atoms with E-state index in [0.29, 0.717) is 17.8 Å². The second-order valence-electron chi connectivity index (χ2n) is 4.88. The summed E-state index contributed by atoms with van der Waals surface area (Å²) in [6.45, 7) is 1.67. The monoisotopic (exact) mass is 326 g/mol. The molecule has 0 spiro atoms. The summed E-state index contributed by atoms with van der Waals surface area (Å²) in [4.78, 5) is 25.6. The number of rotatable bonds is 5. The number of nitriles is 1. The van der Waals surface area contributed by atoms with Crippen molar-refractivity contribution in [1.82, 2.24) is 0 Å². The molecule has 0 bridgehead atoms. The second kappa shape index (κ2) is 7.88. The molecule has 0 N–H and O–H groups in total. The molecule has 1 amide bonds. The number of anilines is 1. The number of amides is 1. The topological polar surface area (TPSA) is 70.4 Å². The van der Waals surface area contributed by atoms with E-state index in [1.807, 2.05) is 6.07 Å². The van der Waals surface area contributed by atoms with Crippen LogP contribution >= 0.6 is 0 Å². The molecular formula is C18H15FN2O3. The summed E-state index contributed by atoms with van der Waals surface area (Å²) in [5, 5.41) is 8.82. The number of esters is 1. The van der Waals surface area contributed by atoms with E-state index in [1.165, 1.54) is 41.3 Å².